The zero-order chi connectivity index (χ0) is 15.2. The molecule has 0 bridgehead atoms. The highest BCUT2D eigenvalue weighted by atomic mass is 15.3. The first-order valence-corrected chi connectivity index (χ1v) is 8.58. The van der Waals surface area contributed by atoms with Gasteiger partial charge in [0, 0.05) is 32.4 Å². The molecule has 5 nitrogen and oxygen atoms in total. The Morgan fingerprint density at radius 1 is 1.05 bits per heavy atom. The van der Waals surface area contributed by atoms with Gasteiger partial charge in [-0.25, -0.2) is 9.98 Å². The van der Waals surface area contributed by atoms with Crippen LogP contribution in [0.2, 0.25) is 0 Å². The van der Waals surface area contributed by atoms with Crippen LogP contribution in [0.25, 0.3) is 0 Å². The predicted molar refractivity (Wildman–Crippen MR) is 91.1 cm³/mol. The maximum Gasteiger partial charge on any atom is 0.191 e. The van der Waals surface area contributed by atoms with Crippen LogP contribution in [0.4, 0.5) is 5.82 Å². The molecular weight excluding hydrogens is 274 g/mol. The van der Waals surface area contributed by atoms with Crippen LogP contribution in [-0.2, 0) is 6.54 Å². The zero-order valence-electron chi connectivity index (χ0n) is 13.4. The lowest BCUT2D eigenvalue weighted by Gasteiger charge is -2.28. The van der Waals surface area contributed by atoms with E-state index >= 15 is 0 Å². The zero-order valence-corrected chi connectivity index (χ0v) is 13.4. The van der Waals surface area contributed by atoms with Crippen molar-refractivity contribution in [3.05, 3.63) is 23.9 Å². The molecule has 0 saturated carbocycles. The summed E-state index contributed by atoms with van der Waals surface area (Å²) in [7, 11) is 0. The van der Waals surface area contributed by atoms with Gasteiger partial charge in [0.2, 0.25) is 0 Å². The molecule has 2 fully saturated rings. The third kappa shape index (κ3) is 3.90. The molecule has 0 aliphatic carbocycles. The van der Waals surface area contributed by atoms with E-state index in [0.29, 0.717) is 12.5 Å². The second-order valence-corrected chi connectivity index (χ2v) is 6.29. The van der Waals surface area contributed by atoms with E-state index in [1.54, 1.807) is 0 Å². The average Bonchev–Trinajstić information content (AvgIpc) is 2.61. The SMILES string of the molecule is NC(=NCc1ccnc(N2CCCCC2)c1)N1CCCCC1. The van der Waals surface area contributed by atoms with Crippen LogP contribution in [0, 0.1) is 0 Å². The third-order valence-electron chi connectivity index (χ3n) is 4.59. The summed E-state index contributed by atoms with van der Waals surface area (Å²) in [6.07, 6.45) is 9.54. The average molecular weight is 301 g/mol. The fourth-order valence-corrected chi connectivity index (χ4v) is 3.25. The van der Waals surface area contributed by atoms with Crippen LogP contribution in [0.5, 0.6) is 0 Å². The van der Waals surface area contributed by atoms with E-state index in [0.717, 1.165) is 32.0 Å². The Bertz CT molecular complexity index is 502. The lowest BCUT2D eigenvalue weighted by Crippen LogP contribution is -2.40. The van der Waals surface area contributed by atoms with Gasteiger partial charge < -0.3 is 15.5 Å². The van der Waals surface area contributed by atoms with Crippen molar-refractivity contribution in [2.45, 2.75) is 45.1 Å². The lowest BCUT2D eigenvalue weighted by atomic mass is 10.1. The van der Waals surface area contributed by atoms with Gasteiger partial charge in [-0.1, -0.05) is 0 Å². The number of guanidine groups is 1. The highest BCUT2D eigenvalue weighted by Gasteiger charge is 2.13. The summed E-state index contributed by atoms with van der Waals surface area (Å²) < 4.78 is 0. The topological polar surface area (TPSA) is 57.8 Å². The van der Waals surface area contributed by atoms with Crippen molar-refractivity contribution in [3.63, 3.8) is 0 Å². The highest BCUT2D eigenvalue weighted by molar-refractivity contribution is 5.78. The second kappa shape index (κ2) is 7.47. The minimum atomic E-state index is 0.645. The quantitative estimate of drug-likeness (QED) is 0.688. The highest BCUT2D eigenvalue weighted by Crippen LogP contribution is 2.18. The van der Waals surface area contributed by atoms with Crippen LogP contribution in [0.3, 0.4) is 0 Å². The number of aliphatic imine (C=N–C) groups is 1. The third-order valence-corrected chi connectivity index (χ3v) is 4.59. The summed E-state index contributed by atoms with van der Waals surface area (Å²) in [6.45, 7) is 4.98. The molecule has 1 aromatic heterocycles. The maximum atomic E-state index is 6.13. The molecular formula is C17H27N5. The van der Waals surface area contributed by atoms with Crippen molar-refractivity contribution in [1.29, 1.82) is 0 Å². The van der Waals surface area contributed by atoms with Crippen molar-refractivity contribution in [2.24, 2.45) is 10.7 Å². The minimum Gasteiger partial charge on any atom is -0.370 e. The van der Waals surface area contributed by atoms with Gasteiger partial charge in [-0.05, 0) is 56.2 Å². The largest absolute Gasteiger partial charge is 0.370 e. The number of piperidine rings is 2. The number of hydrogen-bond acceptors (Lipinski definition) is 3. The molecule has 2 aliphatic rings. The predicted octanol–water partition coefficient (Wildman–Crippen LogP) is 2.37. The Morgan fingerprint density at radius 3 is 2.45 bits per heavy atom. The lowest BCUT2D eigenvalue weighted by molar-refractivity contribution is 0.338. The molecule has 0 aromatic carbocycles. The standard InChI is InChI=1S/C17H27N5/c18-17(22-11-5-2-6-12-22)20-14-15-7-8-19-16(13-15)21-9-3-1-4-10-21/h7-8,13H,1-6,9-12,14H2,(H2,18,20). The minimum absolute atomic E-state index is 0.645. The van der Waals surface area contributed by atoms with Crippen LogP contribution < -0.4 is 10.6 Å². The molecule has 2 saturated heterocycles. The molecule has 2 N–H and O–H groups in total. The molecule has 1 aromatic rings. The smallest absolute Gasteiger partial charge is 0.191 e. The number of nitrogens with two attached hydrogens (primary N) is 1. The number of aromatic nitrogens is 1. The molecule has 2 aliphatic heterocycles. The first kappa shape index (κ1) is 15.1. The van der Waals surface area contributed by atoms with Crippen molar-refractivity contribution in [3.8, 4) is 0 Å². The molecule has 0 unspecified atom stereocenters. The molecule has 5 heteroatoms. The molecule has 0 atom stereocenters. The van der Waals surface area contributed by atoms with Crippen molar-refractivity contribution < 1.29 is 0 Å². The Labute approximate surface area is 133 Å². The summed E-state index contributed by atoms with van der Waals surface area (Å²) in [5, 5.41) is 0. The summed E-state index contributed by atoms with van der Waals surface area (Å²) in [6, 6.07) is 4.21. The molecule has 22 heavy (non-hydrogen) atoms. The first-order chi connectivity index (χ1) is 10.8. The number of nitrogens with zero attached hydrogens (tertiary/aromatic N) is 4. The number of pyridine rings is 1. The fourth-order valence-electron chi connectivity index (χ4n) is 3.25. The van der Waals surface area contributed by atoms with E-state index in [9.17, 15) is 0 Å². The normalized spacial score (nSPS) is 20.3. The summed E-state index contributed by atoms with van der Waals surface area (Å²) in [4.78, 5) is 13.7. The Kier molecular flexibility index (Phi) is 5.14. The maximum absolute atomic E-state index is 6.13. The molecule has 0 amide bonds. The number of rotatable bonds is 3. The van der Waals surface area contributed by atoms with Crippen molar-refractivity contribution in [2.75, 3.05) is 31.1 Å². The summed E-state index contributed by atoms with van der Waals surface area (Å²) >= 11 is 0. The van der Waals surface area contributed by atoms with E-state index in [2.05, 4.69) is 25.8 Å². The van der Waals surface area contributed by atoms with Crippen LogP contribution >= 0.6 is 0 Å². The van der Waals surface area contributed by atoms with Gasteiger partial charge in [0.1, 0.15) is 5.82 Å². The van der Waals surface area contributed by atoms with E-state index in [1.165, 1.54) is 44.1 Å². The van der Waals surface area contributed by atoms with Crippen molar-refractivity contribution in [1.82, 2.24) is 9.88 Å². The van der Waals surface area contributed by atoms with Crippen LogP contribution in [0.15, 0.2) is 23.3 Å². The first-order valence-electron chi connectivity index (χ1n) is 8.58. The van der Waals surface area contributed by atoms with E-state index in [1.807, 2.05) is 12.3 Å². The van der Waals surface area contributed by atoms with Gasteiger partial charge in [-0.3, -0.25) is 0 Å². The van der Waals surface area contributed by atoms with Crippen LogP contribution in [-0.4, -0.2) is 42.0 Å². The van der Waals surface area contributed by atoms with E-state index in [-0.39, 0.29) is 0 Å². The van der Waals surface area contributed by atoms with Gasteiger partial charge >= 0.3 is 0 Å². The monoisotopic (exact) mass is 301 g/mol. The summed E-state index contributed by atoms with van der Waals surface area (Å²) in [5.74, 6) is 1.78. The second-order valence-electron chi connectivity index (χ2n) is 6.29. The van der Waals surface area contributed by atoms with E-state index < -0.39 is 0 Å². The van der Waals surface area contributed by atoms with Gasteiger partial charge in [0.25, 0.3) is 0 Å². The summed E-state index contributed by atoms with van der Waals surface area (Å²) in [5.41, 5.74) is 7.32. The number of hydrogen-bond donors (Lipinski definition) is 1. The van der Waals surface area contributed by atoms with Gasteiger partial charge in [0.15, 0.2) is 5.96 Å². The molecule has 0 spiro atoms. The van der Waals surface area contributed by atoms with Gasteiger partial charge in [0.05, 0.1) is 6.54 Å². The Hall–Kier alpha value is -1.78. The van der Waals surface area contributed by atoms with Gasteiger partial charge in [-0.2, -0.15) is 0 Å². The Balaban J connectivity index is 1.62. The number of anilines is 1. The fraction of sp³-hybridized carbons (Fsp3) is 0.647. The van der Waals surface area contributed by atoms with Crippen LogP contribution in [0.1, 0.15) is 44.1 Å². The van der Waals surface area contributed by atoms with Gasteiger partial charge in [-0.15, -0.1) is 0 Å². The molecule has 3 rings (SSSR count). The molecule has 120 valence electrons. The van der Waals surface area contributed by atoms with Crippen molar-refractivity contribution >= 4 is 11.8 Å². The molecule has 0 radical (unpaired) electrons. The number of likely N-dealkylation sites (tertiary alicyclic amines) is 1. The van der Waals surface area contributed by atoms with E-state index in [4.69, 9.17) is 5.73 Å². The molecule has 3 heterocycles. The Morgan fingerprint density at radius 2 is 1.73 bits per heavy atom.